The van der Waals surface area contributed by atoms with E-state index in [0.717, 1.165) is 5.56 Å². The molecule has 1 N–H and O–H groups in total. The van der Waals surface area contributed by atoms with E-state index < -0.39 is 5.97 Å². The van der Waals surface area contributed by atoms with E-state index in [4.69, 9.17) is 4.74 Å². The topological polar surface area (TPSA) is 76.7 Å². The van der Waals surface area contributed by atoms with Crippen LogP contribution in [0.5, 0.6) is 5.88 Å². The Morgan fingerprint density at radius 3 is 2.74 bits per heavy atom. The lowest BCUT2D eigenvalue weighted by Crippen LogP contribution is -2.11. The molecule has 0 radical (unpaired) electrons. The largest absolute Gasteiger partial charge is 0.493 e. The second kappa shape index (κ2) is 6.08. The molecule has 0 spiro atoms. The summed E-state index contributed by atoms with van der Waals surface area (Å²) in [5.41, 5.74) is 3.19. The van der Waals surface area contributed by atoms with Crippen LogP contribution in [0.3, 0.4) is 0 Å². The Hall–Kier alpha value is -2.89. The second-order valence-corrected chi connectivity index (χ2v) is 5.15. The van der Waals surface area contributed by atoms with Crippen LogP contribution in [0, 0.1) is 6.92 Å². The Morgan fingerprint density at radius 1 is 1.30 bits per heavy atom. The van der Waals surface area contributed by atoms with Gasteiger partial charge in [-0.2, -0.15) is 9.61 Å². The van der Waals surface area contributed by atoms with E-state index in [0.29, 0.717) is 29.2 Å². The zero-order valence-corrected chi connectivity index (χ0v) is 13.0. The maximum Gasteiger partial charge on any atom is 0.310 e. The van der Waals surface area contributed by atoms with Gasteiger partial charge in [-0.15, -0.1) is 0 Å². The highest BCUT2D eigenvalue weighted by molar-refractivity contribution is 5.74. The van der Waals surface area contributed by atoms with Crippen LogP contribution >= 0.6 is 0 Å². The van der Waals surface area contributed by atoms with Gasteiger partial charge in [-0.05, 0) is 13.8 Å². The zero-order chi connectivity index (χ0) is 16.4. The van der Waals surface area contributed by atoms with Crippen molar-refractivity contribution in [2.75, 3.05) is 6.61 Å². The summed E-state index contributed by atoms with van der Waals surface area (Å²) in [6.07, 6.45) is -0.0328. The maximum absolute atomic E-state index is 11.7. The average molecular weight is 311 g/mol. The van der Waals surface area contributed by atoms with Gasteiger partial charge < -0.3 is 9.84 Å². The number of benzene rings is 1. The predicted molar refractivity (Wildman–Crippen MR) is 85.2 cm³/mol. The van der Waals surface area contributed by atoms with Gasteiger partial charge in [0.05, 0.1) is 18.7 Å². The van der Waals surface area contributed by atoms with Crippen molar-refractivity contribution in [3.63, 3.8) is 0 Å². The van der Waals surface area contributed by atoms with Crippen molar-refractivity contribution in [1.29, 1.82) is 0 Å². The first-order chi connectivity index (χ1) is 11.1. The molecule has 0 amide bonds. The number of aromatic hydroxyl groups is 1. The third-order valence-corrected chi connectivity index (χ3v) is 3.58. The van der Waals surface area contributed by atoms with Crippen LogP contribution in [-0.2, 0) is 16.0 Å². The maximum atomic E-state index is 11.7. The van der Waals surface area contributed by atoms with Gasteiger partial charge >= 0.3 is 5.97 Å². The Bertz CT molecular complexity index is 856. The van der Waals surface area contributed by atoms with E-state index in [1.807, 2.05) is 30.3 Å². The van der Waals surface area contributed by atoms with E-state index in [2.05, 4.69) is 10.1 Å². The molecule has 0 saturated carbocycles. The lowest BCUT2D eigenvalue weighted by molar-refractivity contribution is -0.142. The van der Waals surface area contributed by atoms with Crippen molar-refractivity contribution in [3.8, 4) is 17.1 Å². The zero-order valence-electron chi connectivity index (χ0n) is 13.0. The fourth-order valence-electron chi connectivity index (χ4n) is 2.45. The number of hydrogen-bond donors (Lipinski definition) is 1. The number of esters is 1. The van der Waals surface area contributed by atoms with E-state index >= 15 is 0 Å². The molecule has 3 rings (SSSR count). The molecule has 0 saturated heterocycles. The molecule has 2 heterocycles. The van der Waals surface area contributed by atoms with E-state index in [9.17, 15) is 9.90 Å². The number of aromatic nitrogens is 3. The van der Waals surface area contributed by atoms with Crippen molar-refractivity contribution in [3.05, 3.63) is 47.7 Å². The molecule has 118 valence electrons. The molecule has 0 bridgehead atoms. The number of rotatable bonds is 4. The summed E-state index contributed by atoms with van der Waals surface area (Å²) in [7, 11) is 0. The number of ether oxygens (including phenoxy) is 1. The predicted octanol–water partition coefficient (Wildman–Crippen LogP) is 2.52. The van der Waals surface area contributed by atoms with Crippen molar-refractivity contribution < 1.29 is 14.6 Å². The number of nitrogens with zero attached hydrogens (tertiary/aromatic N) is 3. The van der Waals surface area contributed by atoms with E-state index in [1.54, 1.807) is 19.9 Å². The highest BCUT2D eigenvalue weighted by Gasteiger charge is 2.18. The summed E-state index contributed by atoms with van der Waals surface area (Å²) < 4.78 is 6.29. The molecular weight excluding hydrogens is 294 g/mol. The lowest BCUT2D eigenvalue weighted by Gasteiger charge is -2.08. The lowest BCUT2D eigenvalue weighted by atomic mass is 10.1. The van der Waals surface area contributed by atoms with Crippen LogP contribution in [0.15, 0.2) is 36.4 Å². The number of carbonyl (C=O) groups is 1. The molecule has 6 nitrogen and oxygen atoms in total. The third-order valence-electron chi connectivity index (χ3n) is 3.58. The molecule has 0 unspecified atom stereocenters. The number of hydrogen-bond acceptors (Lipinski definition) is 5. The van der Waals surface area contributed by atoms with Crippen LogP contribution in [0.1, 0.15) is 18.2 Å². The smallest absolute Gasteiger partial charge is 0.310 e. The van der Waals surface area contributed by atoms with E-state index in [1.165, 1.54) is 4.52 Å². The average Bonchev–Trinajstić information content (AvgIpc) is 2.97. The second-order valence-electron chi connectivity index (χ2n) is 5.15. The molecule has 0 aliphatic heterocycles. The van der Waals surface area contributed by atoms with Crippen molar-refractivity contribution in [1.82, 2.24) is 14.6 Å². The minimum atomic E-state index is -0.400. The monoisotopic (exact) mass is 311 g/mol. The summed E-state index contributed by atoms with van der Waals surface area (Å²) >= 11 is 0. The highest BCUT2D eigenvalue weighted by Crippen LogP contribution is 2.26. The Balaban J connectivity index is 2.06. The molecule has 0 atom stereocenters. The van der Waals surface area contributed by atoms with Gasteiger partial charge in [-0.3, -0.25) is 4.79 Å². The van der Waals surface area contributed by atoms with Crippen LogP contribution in [0.25, 0.3) is 16.9 Å². The van der Waals surface area contributed by atoms with Crippen molar-refractivity contribution >= 4 is 11.6 Å². The molecular formula is C17H17N3O3. The van der Waals surface area contributed by atoms with Crippen LogP contribution in [-0.4, -0.2) is 32.3 Å². The highest BCUT2D eigenvalue weighted by atomic mass is 16.5. The first-order valence-electron chi connectivity index (χ1n) is 7.39. The summed E-state index contributed by atoms with van der Waals surface area (Å²) in [6, 6.07) is 11.4. The first kappa shape index (κ1) is 15.0. The molecule has 23 heavy (non-hydrogen) atoms. The van der Waals surface area contributed by atoms with Crippen molar-refractivity contribution in [2.45, 2.75) is 20.3 Å². The van der Waals surface area contributed by atoms with Crippen LogP contribution in [0.4, 0.5) is 0 Å². The summed E-state index contributed by atoms with van der Waals surface area (Å²) in [4.78, 5) is 16.1. The van der Waals surface area contributed by atoms with Gasteiger partial charge in [-0.25, -0.2) is 4.98 Å². The standard InChI is InChI=1S/C17H17N3O3/c1-3-23-16(21)9-13-11(2)18-15-10-14(19-20(15)17(13)22)12-7-5-4-6-8-12/h4-8,10,22H,3,9H2,1-2H3. The molecule has 6 heteroatoms. The Morgan fingerprint density at radius 2 is 2.04 bits per heavy atom. The minimum absolute atomic E-state index is 0.0328. The van der Waals surface area contributed by atoms with Gasteiger partial charge in [0.25, 0.3) is 0 Å². The fourth-order valence-corrected chi connectivity index (χ4v) is 2.45. The molecule has 3 aromatic rings. The SMILES string of the molecule is CCOC(=O)Cc1c(C)nc2cc(-c3ccccc3)nn2c1O. The van der Waals surface area contributed by atoms with Crippen molar-refractivity contribution in [2.24, 2.45) is 0 Å². The Kier molecular flexibility index (Phi) is 3.97. The quantitative estimate of drug-likeness (QED) is 0.749. The number of fused-ring (bicyclic) bond motifs is 1. The van der Waals surface area contributed by atoms with Gasteiger partial charge in [0.2, 0.25) is 5.88 Å². The summed E-state index contributed by atoms with van der Waals surface area (Å²) in [6.45, 7) is 3.80. The van der Waals surface area contributed by atoms with Crippen LogP contribution < -0.4 is 0 Å². The van der Waals surface area contributed by atoms with Gasteiger partial charge in [0.1, 0.15) is 0 Å². The molecule has 0 aliphatic rings. The van der Waals surface area contributed by atoms with Crippen LogP contribution in [0.2, 0.25) is 0 Å². The third kappa shape index (κ3) is 2.88. The Labute approximate surface area is 133 Å². The molecule has 0 aliphatic carbocycles. The molecule has 1 aromatic carbocycles. The van der Waals surface area contributed by atoms with Gasteiger partial charge in [0, 0.05) is 22.9 Å². The number of aryl methyl sites for hydroxylation is 1. The van der Waals surface area contributed by atoms with E-state index in [-0.39, 0.29) is 12.3 Å². The molecule has 2 aromatic heterocycles. The van der Waals surface area contributed by atoms with Gasteiger partial charge in [-0.1, -0.05) is 30.3 Å². The fraction of sp³-hybridized carbons (Fsp3) is 0.235. The number of carbonyl (C=O) groups excluding carboxylic acids is 1. The summed E-state index contributed by atoms with van der Waals surface area (Å²) in [5, 5.41) is 14.8. The molecule has 0 fully saturated rings. The normalized spacial score (nSPS) is 10.9. The van der Waals surface area contributed by atoms with Gasteiger partial charge in [0.15, 0.2) is 5.65 Å². The summed E-state index contributed by atoms with van der Waals surface area (Å²) in [5.74, 6) is -0.481. The minimum Gasteiger partial charge on any atom is -0.493 e. The first-order valence-corrected chi connectivity index (χ1v) is 7.39.